The van der Waals surface area contributed by atoms with Gasteiger partial charge in [0.2, 0.25) is 0 Å². The lowest BCUT2D eigenvalue weighted by molar-refractivity contribution is 0.355. The highest BCUT2D eigenvalue weighted by atomic mass is 15.3. The molecular weight excluding hydrogens is 212 g/mol. The quantitative estimate of drug-likeness (QED) is 0.793. The van der Waals surface area contributed by atoms with Crippen molar-refractivity contribution >= 4 is 0 Å². The van der Waals surface area contributed by atoms with E-state index >= 15 is 0 Å². The van der Waals surface area contributed by atoms with Gasteiger partial charge in [-0.1, -0.05) is 6.08 Å². The summed E-state index contributed by atoms with van der Waals surface area (Å²) >= 11 is 0. The summed E-state index contributed by atoms with van der Waals surface area (Å²) in [6.45, 7) is 6.28. The summed E-state index contributed by atoms with van der Waals surface area (Å²) in [7, 11) is 0. The van der Waals surface area contributed by atoms with E-state index in [0.717, 1.165) is 37.0 Å². The molecule has 4 nitrogen and oxygen atoms in total. The van der Waals surface area contributed by atoms with Gasteiger partial charge in [-0.25, -0.2) is 0 Å². The number of nitrogens with zero attached hydrogens (tertiary/aromatic N) is 3. The Balaban J connectivity index is 1.70. The molecule has 2 aliphatic rings. The highest BCUT2D eigenvalue weighted by molar-refractivity contribution is 5.12. The Morgan fingerprint density at radius 2 is 2.53 bits per heavy atom. The SMILES string of the molecule is C=CC12CNCC1CC(Cc1ccnnn1)C2. The molecule has 3 unspecified atom stereocenters. The lowest BCUT2D eigenvalue weighted by Gasteiger charge is -2.23. The van der Waals surface area contributed by atoms with Gasteiger partial charge < -0.3 is 5.32 Å². The van der Waals surface area contributed by atoms with E-state index in [9.17, 15) is 0 Å². The fourth-order valence-corrected chi connectivity index (χ4v) is 3.55. The fraction of sp³-hybridized carbons (Fsp3) is 0.615. The third kappa shape index (κ3) is 1.86. The lowest BCUT2D eigenvalue weighted by atomic mass is 9.81. The molecule has 1 aromatic rings. The van der Waals surface area contributed by atoms with E-state index in [1.807, 2.05) is 6.07 Å². The summed E-state index contributed by atoms with van der Waals surface area (Å²) in [6, 6.07) is 1.97. The molecule has 1 N–H and O–H groups in total. The summed E-state index contributed by atoms with van der Waals surface area (Å²) in [6.07, 6.45) is 7.45. The van der Waals surface area contributed by atoms with Crippen LogP contribution in [-0.2, 0) is 6.42 Å². The van der Waals surface area contributed by atoms with Crippen molar-refractivity contribution in [3.05, 3.63) is 30.6 Å². The molecule has 2 heterocycles. The zero-order valence-electron chi connectivity index (χ0n) is 9.97. The van der Waals surface area contributed by atoms with E-state index < -0.39 is 0 Å². The smallest absolute Gasteiger partial charge is 0.0667 e. The van der Waals surface area contributed by atoms with Gasteiger partial charge in [-0.15, -0.1) is 16.8 Å². The number of hydrogen-bond acceptors (Lipinski definition) is 4. The predicted molar refractivity (Wildman–Crippen MR) is 65.2 cm³/mol. The van der Waals surface area contributed by atoms with Crippen LogP contribution < -0.4 is 5.32 Å². The third-order valence-electron chi connectivity index (χ3n) is 4.41. The molecular formula is C13H18N4. The van der Waals surface area contributed by atoms with E-state index in [1.54, 1.807) is 6.20 Å². The minimum Gasteiger partial charge on any atom is -0.316 e. The van der Waals surface area contributed by atoms with E-state index in [2.05, 4.69) is 33.4 Å². The summed E-state index contributed by atoms with van der Waals surface area (Å²) in [5, 5.41) is 15.0. The van der Waals surface area contributed by atoms with Gasteiger partial charge in [0, 0.05) is 12.0 Å². The molecule has 0 radical (unpaired) electrons. The first-order valence-corrected chi connectivity index (χ1v) is 6.30. The molecule has 90 valence electrons. The highest BCUT2D eigenvalue weighted by Gasteiger charge is 2.47. The van der Waals surface area contributed by atoms with Crippen LogP contribution in [0.5, 0.6) is 0 Å². The van der Waals surface area contributed by atoms with E-state index in [4.69, 9.17) is 0 Å². The van der Waals surface area contributed by atoms with Crippen LogP contribution >= 0.6 is 0 Å². The van der Waals surface area contributed by atoms with Crippen molar-refractivity contribution < 1.29 is 0 Å². The maximum atomic E-state index is 4.08. The van der Waals surface area contributed by atoms with Gasteiger partial charge >= 0.3 is 0 Å². The predicted octanol–water partition coefficient (Wildman–Crippen LogP) is 1.22. The summed E-state index contributed by atoms with van der Waals surface area (Å²) in [5.41, 5.74) is 1.41. The van der Waals surface area contributed by atoms with Gasteiger partial charge in [-0.2, -0.15) is 0 Å². The molecule has 1 saturated heterocycles. The number of hydrogen-bond donors (Lipinski definition) is 1. The van der Waals surface area contributed by atoms with Crippen LogP contribution in [0.2, 0.25) is 0 Å². The number of nitrogens with one attached hydrogen (secondary N) is 1. The zero-order chi connectivity index (χ0) is 11.7. The van der Waals surface area contributed by atoms with Crippen LogP contribution in [0, 0.1) is 17.3 Å². The topological polar surface area (TPSA) is 50.7 Å². The Labute approximate surface area is 102 Å². The first-order chi connectivity index (χ1) is 8.32. The van der Waals surface area contributed by atoms with Gasteiger partial charge in [0.25, 0.3) is 0 Å². The Morgan fingerprint density at radius 3 is 3.24 bits per heavy atom. The number of rotatable bonds is 3. The molecule has 0 bridgehead atoms. The minimum absolute atomic E-state index is 0.338. The Hall–Kier alpha value is -1.29. The average Bonchev–Trinajstić information content (AvgIpc) is 2.87. The molecule has 1 saturated carbocycles. The normalized spacial score (nSPS) is 35.8. The molecule has 3 atom stereocenters. The average molecular weight is 230 g/mol. The molecule has 2 fully saturated rings. The van der Waals surface area contributed by atoms with E-state index in [-0.39, 0.29) is 0 Å². The van der Waals surface area contributed by atoms with Gasteiger partial charge in [0.1, 0.15) is 0 Å². The van der Waals surface area contributed by atoms with Crippen LogP contribution in [0.15, 0.2) is 24.9 Å². The van der Waals surface area contributed by atoms with Gasteiger partial charge in [-0.3, -0.25) is 0 Å². The number of fused-ring (bicyclic) bond motifs is 1. The molecule has 0 aromatic carbocycles. The van der Waals surface area contributed by atoms with Crippen molar-refractivity contribution in [2.24, 2.45) is 17.3 Å². The standard InChI is InChI=1S/C13H18N4/c1-2-13-7-10(5-11(13)8-14-9-13)6-12-3-4-15-17-16-12/h2-4,10-11,14H,1,5-9H2. The van der Waals surface area contributed by atoms with Crippen LogP contribution in [0.25, 0.3) is 0 Å². The molecule has 4 heteroatoms. The largest absolute Gasteiger partial charge is 0.316 e. The second-order valence-electron chi connectivity index (χ2n) is 5.39. The molecule has 17 heavy (non-hydrogen) atoms. The Kier molecular flexibility index (Phi) is 2.67. The molecule has 3 rings (SSSR count). The summed E-state index contributed by atoms with van der Waals surface area (Å²) in [4.78, 5) is 0. The van der Waals surface area contributed by atoms with Crippen LogP contribution in [0.4, 0.5) is 0 Å². The van der Waals surface area contributed by atoms with Crippen molar-refractivity contribution in [2.75, 3.05) is 13.1 Å². The first kappa shape index (κ1) is 10.8. The Bertz CT molecular complexity index is 405. The highest BCUT2D eigenvalue weighted by Crippen LogP contribution is 2.50. The van der Waals surface area contributed by atoms with Crippen molar-refractivity contribution in [3.63, 3.8) is 0 Å². The van der Waals surface area contributed by atoms with E-state index in [0.29, 0.717) is 5.41 Å². The summed E-state index contributed by atoms with van der Waals surface area (Å²) in [5.74, 6) is 1.48. The lowest BCUT2D eigenvalue weighted by Crippen LogP contribution is -2.23. The van der Waals surface area contributed by atoms with Crippen molar-refractivity contribution in [1.29, 1.82) is 0 Å². The minimum atomic E-state index is 0.338. The van der Waals surface area contributed by atoms with E-state index in [1.165, 1.54) is 12.8 Å². The second kappa shape index (κ2) is 4.18. The Morgan fingerprint density at radius 1 is 1.59 bits per heavy atom. The van der Waals surface area contributed by atoms with Crippen LogP contribution in [0.1, 0.15) is 18.5 Å². The van der Waals surface area contributed by atoms with Crippen molar-refractivity contribution in [1.82, 2.24) is 20.7 Å². The molecule has 1 aliphatic carbocycles. The van der Waals surface area contributed by atoms with Crippen molar-refractivity contribution in [2.45, 2.75) is 19.3 Å². The fourth-order valence-electron chi connectivity index (χ4n) is 3.55. The van der Waals surface area contributed by atoms with Crippen LogP contribution in [0.3, 0.4) is 0 Å². The second-order valence-corrected chi connectivity index (χ2v) is 5.39. The van der Waals surface area contributed by atoms with Crippen molar-refractivity contribution in [3.8, 4) is 0 Å². The maximum absolute atomic E-state index is 4.08. The van der Waals surface area contributed by atoms with Gasteiger partial charge in [0.05, 0.1) is 11.9 Å². The van der Waals surface area contributed by atoms with Gasteiger partial charge in [-0.05, 0) is 48.9 Å². The first-order valence-electron chi connectivity index (χ1n) is 6.30. The van der Waals surface area contributed by atoms with Crippen LogP contribution in [-0.4, -0.2) is 28.5 Å². The summed E-state index contributed by atoms with van der Waals surface area (Å²) < 4.78 is 0. The molecule has 1 aromatic heterocycles. The third-order valence-corrected chi connectivity index (χ3v) is 4.41. The molecule has 1 aliphatic heterocycles. The zero-order valence-corrected chi connectivity index (χ0v) is 9.97. The van der Waals surface area contributed by atoms with Gasteiger partial charge in [0.15, 0.2) is 0 Å². The monoisotopic (exact) mass is 230 g/mol. The molecule has 0 spiro atoms. The molecule has 0 amide bonds. The number of aromatic nitrogens is 3. The maximum Gasteiger partial charge on any atom is 0.0667 e.